The van der Waals surface area contributed by atoms with Crippen LogP contribution >= 0.6 is 0 Å². The first-order chi connectivity index (χ1) is 21.0. The van der Waals surface area contributed by atoms with Crippen LogP contribution in [0.3, 0.4) is 0 Å². The fourth-order valence-electron chi connectivity index (χ4n) is 4.50. The Morgan fingerprint density at radius 1 is 0.791 bits per heavy atom. The average molecular weight is 586 g/mol. The summed E-state index contributed by atoms with van der Waals surface area (Å²) >= 11 is 0. The maximum Gasteiger partial charge on any atom is 0.326 e. The molecule has 0 bridgehead atoms. The second kappa shape index (κ2) is 16.0. The molecule has 2 N–H and O–H groups in total. The van der Waals surface area contributed by atoms with E-state index in [2.05, 4.69) is 22.2 Å². The van der Waals surface area contributed by atoms with Crippen LogP contribution in [0.4, 0.5) is 4.39 Å². The summed E-state index contributed by atoms with van der Waals surface area (Å²) in [7, 11) is 0. The van der Waals surface area contributed by atoms with E-state index in [1.54, 1.807) is 24.5 Å². The summed E-state index contributed by atoms with van der Waals surface area (Å²) in [5.41, 5.74) is 3.62. The first-order valence-electron chi connectivity index (χ1n) is 14.4. The number of rotatable bonds is 16. The standard InChI is InChI=1S/C34H36FN3O5/c1-2-3-4-5-6-19-42-29-15-11-25(12-16-29)28-21-36-32(37-22-28)26-9-7-24(8-10-26)20-31(34(40)41)38-33(39)27-13-17-30(18-14-27)43-23-35/h7-18,21-22,31H,2-6,19-20,23H2,1H3,(H,38,39)(H,40,41). The van der Waals surface area contributed by atoms with Crippen LogP contribution in [0.5, 0.6) is 11.5 Å². The minimum absolute atomic E-state index is 0.0861. The molecule has 1 heterocycles. The molecule has 1 aromatic heterocycles. The topological polar surface area (TPSA) is 111 Å². The third kappa shape index (κ3) is 9.36. The monoisotopic (exact) mass is 585 g/mol. The molecular weight excluding hydrogens is 549 g/mol. The molecule has 3 aromatic carbocycles. The zero-order valence-electron chi connectivity index (χ0n) is 24.2. The minimum Gasteiger partial charge on any atom is -0.494 e. The SMILES string of the molecule is CCCCCCCOc1ccc(-c2cnc(-c3ccc(CC(NC(=O)c4ccc(OCF)cc4)C(=O)O)cc3)nc2)cc1. The maximum absolute atomic E-state index is 12.6. The predicted molar refractivity (Wildman–Crippen MR) is 163 cm³/mol. The van der Waals surface area contributed by atoms with E-state index in [0.717, 1.165) is 41.0 Å². The summed E-state index contributed by atoms with van der Waals surface area (Å²) in [6, 6.07) is 19.8. The van der Waals surface area contributed by atoms with E-state index in [-0.39, 0.29) is 17.7 Å². The number of carboxylic acid groups (broad SMARTS) is 1. The van der Waals surface area contributed by atoms with Gasteiger partial charge >= 0.3 is 5.97 Å². The number of benzene rings is 3. The van der Waals surface area contributed by atoms with Crippen molar-refractivity contribution in [2.75, 3.05) is 13.5 Å². The summed E-state index contributed by atoms with van der Waals surface area (Å²) in [5, 5.41) is 12.2. The number of unbranched alkanes of at least 4 members (excludes halogenated alkanes) is 4. The Morgan fingerprint density at radius 2 is 1.40 bits per heavy atom. The molecule has 4 rings (SSSR count). The lowest BCUT2D eigenvalue weighted by molar-refractivity contribution is -0.139. The summed E-state index contributed by atoms with van der Waals surface area (Å²) in [6.07, 6.45) is 9.63. The zero-order chi connectivity index (χ0) is 30.4. The highest BCUT2D eigenvalue weighted by Crippen LogP contribution is 2.24. The van der Waals surface area contributed by atoms with Crippen molar-refractivity contribution in [3.05, 3.63) is 96.3 Å². The van der Waals surface area contributed by atoms with Gasteiger partial charge in [0.25, 0.3) is 5.91 Å². The van der Waals surface area contributed by atoms with Crippen molar-refractivity contribution in [1.82, 2.24) is 15.3 Å². The van der Waals surface area contributed by atoms with Gasteiger partial charge in [0, 0.05) is 35.5 Å². The lowest BCUT2D eigenvalue weighted by atomic mass is 10.0. The van der Waals surface area contributed by atoms with Gasteiger partial charge in [0.05, 0.1) is 6.61 Å². The smallest absolute Gasteiger partial charge is 0.326 e. The average Bonchev–Trinajstić information content (AvgIpc) is 3.03. The molecule has 0 spiro atoms. The number of hydrogen-bond acceptors (Lipinski definition) is 6. The second-order valence-electron chi connectivity index (χ2n) is 10.1. The summed E-state index contributed by atoms with van der Waals surface area (Å²) in [5.74, 6) is -0.0440. The van der Waals surface area contributed by atoms with Crippen LogP contribution in [0, 0.1) is 0 Å². The summed E-state index contributed by atoms with van der Waals surface area (Å²) in [4.78, 5) is 33.5. The normalized spacial score (nSPS) is 11.5. The van der Waals surface area contributed by atoms with E-state index in [4.69, 9.17) is 9.47 Å². The molecule has 0 saturated heterocycles. The molecule has 0 aliphatic heterocycles. The number of carbonyl (C=O) groups excluding carboxylic acids is 1. The molecule has 1 atom stereocenters. The van der Waals surface area contributed by atoms with Gasteiger partial charge in [0.15, 0.2) is 5.82 Å². The molecule has 8 nitrogen and oxygen atoms in total. The number of nitrogens with zero attached hydrogens (tertiary/aromatic N) is 2. The van der Waals surface area contributed by atoms with E-state index >= 15 is 0 Å². The van der Waals surface area contributed by atoms with E-state index in [1.807, 2.05) is 36.4 Å². The number of nitrogens with one attached hydrogen (secondary N) is 1. The fraction of sp³-hybridized carbons (Fsp3) is 0.294. The highest BCUT2D eigenvalue weighted by molar-refractivity contribution is 5.96. The Labute approximate surface area is 250 Å². The number of carbonyl (C=O) groups is 2. The van der Waals surface area contributed by atoms with Crippen molar-refractivity contribution >= 4 is 11.9 Å². The maximum atomic E-state index is 12.6. The first-order valence-corrected chi connectivity index (χ1v) is 14.4. The number of carboxylic acids is 1. The Balaban J connectivity index is 1.31. The van der Waals surface area contributed by atoms with Gasteiger partial charge in [0.1, 0.15) is 17.5 Å². The molecule has 0 radical (unpaired) electrons. The number of alkyl halides is 1. The first kappa shape index (κ1) is 31.2. The van der Waals surface area contributed by atoms with Crippen molar-refractivity contribution in [2.45, 2.75) is 51.5 Å². The zero-order valence-corrected chi connectivity index (χ0v) is 24.2. The van der Waals surface area contributed by atoms with Crippen LogP contribution in [0.15, 0.2) is 85.2 Å². The molecule has 0 aliphatic rings. The summed E-state index contributed by atoms with van der Waals surface area (Å²) < 4.78 is 22.9. The van der Waals surface area contributed by atoms with Crippen molar-refractivity contribution in [3.63, 3.8) is 0 Å². The third-order valence-corrected chi connectivity index (χ3v) is 6.95. The molecule has 0 aliphatic carbocycles. The van der Waals surface area contributed by atoms with Gasteiger partial charge in [0.2, 0.25) is 6.86 Å². The number of amides is 1. The molecule has 9 heteroatoms. The molecule has 1 amide bonds. The lowest BCUT2D eigenvalue weighted by Crippen LogP contribution is -2.42. The van der Waals surface area contributed by atoms with Crippen LogP contribution < -0.4 is 14.8 Å². The molecule has 0 fully saturated rings. The van der Waals surface area contributed by atoms with Crippen LogP contribution in [-0.2, 0) is 11.2 Å². The highest BCUT2D eigenvalue weighted by atomic mass is 19.1. The lowest BCUT2D eigenvalue weighted by Gasteiger charge is -2.15. The molecular formula is C34H36FN3O5. The van der Waals surface area contributed by atoms with Gasteiger partial charge < -0.3 is 19.9 Å². The summed E-state index contributed by atoms with van der Waals surface area (Å²) in [6.45, 7) is 1.95. The Hall–Kier alpha value is -4.79. The van der Waals surface area contributed by atoms with Gasteiger partial charge in [-0.25, -0.2) is 19.2 Å². The van der Waals surface area contributed by atoms with Crippen LogP contribution in [0.1, 0.15) is 54.9 Å². The highest BCUT2D eigenvalue weighted by Gasteiger charge is 2.21. The van der Waals surface area contributed by atoms with Crippen molar-refractivity contribution in [3.8, 4) is 34.0 Å². The number of halogens is 1. The number of aliphatic carboxylic acids is 1. The number of ether oxygens (including phenoxy) is 2. The number of hydrogen-bond donors (Lipinski definition) is 2. The van der Waals surface area contributed by atoms with Crippen molar-refractivity contribution in [1.29, 1.82) is 0 Å². The largest absolute Gasteiger partial charge is 0.494 e. The van der Waals surface area contributed by atoms with Crippen LogP contribution in [0.25, 0.3) is 22.5 Å². The van der Waals surface area contributed by atoms with Gasteiger partial charge in [-0.2, -0.15) is 0 Å². The predicted octanol–water partition coefficient (Wildman–Crippen LogP) is 6.89. The second-order valence-corrected chi connectivity index (χ2v) is 10.1. The molecule has 224 valence electrons. The van der Waals surface area contributed by atoms with E-state index in [0.29, 0.717) is 5.82 Å². The Morgan fingerprint density at radius 3 is 2.02 bits per heavy atom. The van der Waals surface area contributed by atoms with Gasteiger partial charge in [-0.1, -0.05) is 69.0 Å². The number of aromatic nitrogens is 2. The quantitative estimate of drug-likeness (QED) is 0.138. The van der Waals surface area contributed by atoms with Crippen molar-refractivity contribution < 1.29 is 28.6 Å². The molecule has 0 saturated carbocycles. The fourth-order valence-corrected chi connectivity index (χ4v) is 4.50. The third-order valence-electron chi connectivity index (χ3n) is 6.95. The van der Waals surface area contributed by atoms with Gasteiger partial charge in [-0.15, -0.1) is 0 Å². The Kier molecular flexibility index (Phi) is 11.6. The molecule has 43 heavy (non-hydrogen) atoms. The van der Waals surface area contributed by atoms with Crippen molar-refractivity contribution in [2.24, 2.45) is 0 Å². The van der Waals surface area contributed by atoms with E-state index in [9.17, 15) is 19.1 Å². The minimum atomic E-state index is -1.16. The van der Waals surface area contributed by atoms with Crippen LogP contribution in [-0.4, -0.2) is 46.5 Å². The molecule has 4 aromatic rings. The van der Waals surface area contributed by atoms with Gasteiger partial charge in [-0.05, 0) is 53.9 Å². The Bertz CT molecular complexity index is 1440. The molecule has 1 unspecified atom stereocenters. The van der Waals surface area contributed by atoms with E-state index < -0.39 is 24.8 Å². The van der Waals surface area contributed by atoms with E-state index in [1.165, 1.54) is 49.9 Å². The van der Waals surface area contributed by atoms with Gasteiger partial charge in [-0.3, -0.25) is 4.79 Å². The van der Waals surface area contributed by atoms with Crippen LogP contribution in [0.2, 0.25) is 0 Å².